The lowest BCUT2D eigenvalue weighted by Gasteiger charge is -2.42. The van der Waals surface area contributed by atoms with Gasteiger partial charge in [-0.05, 0) is 53.4 Å². The molecule has 1 heterocycles. The van der Waals surface area contributed by atoms with Crippen LogP contribution in [0.25, 0.3) is 0 Å². The second-order valence-corrected chi connectivity index (χ2v) is 9.52. The molecule has 2 aliphatic rings. The van der Waals surface area contributed by atoms with Crippen LogP contribution in [0.4, 0.5) is 0 Å². The molecule has 0 aromatic heterocycles. The molecule has 26 heavy (non-hydrogen) atoms. The largest absolute Gasteiger partial charge is 0.492 e. The number of fused-ring (bicyclic) bond motifs is 2. The van der Waals surface area contributed by atoms with E-state index < -0.39 is 0 Å². The highest BCUT2D eigenvalue weighted by atomic mass is 16.5. The molecule has 4 rings (SSSR count). The van der Waals surface area contributed by atoms with Crippen LogP contribution >= 0.6 is 0 Å². The minimum atomic E-state index is -0.177. The summed E-state index contributed by atoms with van der Waals surface area (Å²) < 4.78 is 5.99. The molecule has 136 valence electrons. The Hall–Kier alpha value is -2.09. The molecule has 1 atom stereocenters. The summed E-state index contributed by atoms with van der Waals surface area (Å²) in [6, 6.07) is 12.9. The summed E-state index contributed by atoms with van der Waals surface area (Å²) in [4.78, 5) is 11.1. The molecule has 0 spiro atoms. The molecule has 0 radical (unpaired) electrons. The van der Waals surface area contributed by atoms with Gasteiger partial charge in [0.15, 0.2) is 0 Å². The maximum Gasteiger partial charge on any atom is 0.150 e. The third kappa shape index (κ3) is 2.42. The van der Waals surface area contributed by atoms with Crippen molar-refractivity contribution in [1.82, 2.24) is 0 Å². The highest BCUT2D eigenvalue weighted by molar-refractivity contribution is 5.76. The van der Waals surface area contributed by atoms with E-state index in [4.69, 9.17) is 4.74 Å². The van der Waals surface area contributed by atoms with Gasteiger partial charge in [-0.2, -0.15) is 0 Å². The molecule has 2 nitrogen and oxygen atoms in total. The van der Waals surface area contributed by atoms with Crippen molar-refractivity contribution in [1.29, 1.82) is 0 Å². The number of hydrogen-bond acceptors (Lipinski definition) is 2. The second-order valence-electron chi connectivity index (χ2n) is 9.52. The molecule has 0 saturated carbocycles. The number of aldehydes is 1. The minimum Gasteiger partial charge on any atom is -0.492 e. The number of carbonyl (C=O) groups excluding carboxylic acids is 1. The van der Waals surface area contributed by atoms with Gasteiger partial charge in [0.25, 0.3) is 0 Å². The monoisotopic (exact) mass is 348 g/mol. The Bertz CT molecular complexity index is 891. The van der Waals surface area contributed by atoms with Crippen molar-refractivity contribution in [3.05, 3.63) is 64.2 Å². The maximum atomic E-state index is 11.1. The van der Waals surface area contributed by atoms with Gasteiger partial charge in [-0.3, -0.25) is 4.79 Å². The molecular weight excluding hydrogens is 320 g/mol. The first-order chi connectivity index (χ1) is 12.2. The van der Waals surface area contributed by atoms with Crippen LogP contribution in [-0.2, 0) is 16.2 Å². The normalized spacial score (nSPS) is 25.1. The fourth-order valence-electron chi connectivity index (χ4n) is 4.66. The predicted octanol–water partition coefficient (Wildman–Crippen LogP) is 5.55. The molecule has 0 fully saturated rings. The average molecular weight is 348 g/mol. The summed E-state index contributed by atoms with van der Waals surface area (Å²) in [6.07, 6.45) is 3.32. The van der Waals surface area contributed by atoms with Crippen LogP contribution in [0.1, 0.15) is 80.1 Å². The molecule has 2 aromatic rings. The summed E-state index contributed by atoms with van der Waals surface area (Å²) in [5.41, 5.74) is 6.36. The maximum absolute atomic E-state index is 11.1. The van der Waals surface area contributed by atoms with E-state index in [0.717, 1.165) is 12.0 Å². The first-order valence-corrected chi connectivity index (χ1v) is 9.55. The highest BCUT2D eigenvalue weighted by Gasteiger charge is 2.41. The van der Waals surface area contributed by atoms with E-state index in [1.807, 2.05) is 12.1 Å². The van der Waals surface area contributed by atoms with Crippen molar-refractivity contribution in [2.75, 3.05) is 6.61 Å². The lowest BCUT2D eigenvalue weighted by atomic mass is 9.62. The van der Waals surface area contributed by atoms with Crippen molar-refractivity contribution in [2.24, 2.45) is 0 Å². The Balaban J connectivity index is 1.85. The molecule has 0 saturated heterocycles. The van der Waals surface area contributed by atoms with Gasteiger partial charge in [-0.25, -0.2) is 0 Å². The third-order valence-corrected chi connectivity index (χ3v) is 6.74. The molecule has 1 aliphatic heterocycles. The van der Waals surface area contributed by atoms with Gasteiger partial charge >= 0.3 is 0 Å². The van der Waals surface area contributed by atoms with Crippen molar-refractivity contribution in [2.45, 2.75) is 63.7 Å². The number of benzene rings is 2. The summed E-state index contributed by atoms with van der Waals surface area (Å²) in [6.45, 7) is 12.3. The van der Waals surface area contributed by atoms with Gasteiger partial charge in [0.05, 0.1) is 5.41 Å². The van der Waals surface area contributed by atoms with Crippen LogP contribution in [0, 0.1) is 0 Å². The van der Waals surface area contributed by atoms with Crippen molar-refractivity contribution >= 4 is 6.29 Å². The number of ether oxygens (including phenoxy) is 1. The topological polar surface area (TPSA) is 26.3 Å². The van der Waals surface area contributed by atoms with Crippen LogP contribution < -0.4 is 4.74 Å². The van der Waals surface area contributed by atoms with Gasteiger partial charge < -0.3 is 4.74 Å². The first kappa shape index (κ1) is 17.3. The quantitative estimate of drug-likeness (QED) is 0.665. The number of rotatable bonds is 2. The third-order valence-electron chi connectivity index (χ3n) is 6.74. The van der Waals surface area contributed by atoms with E-state index in [2.05, 4.69) is 58.9 Å². The summed E-state index contributed by atoms with van der Waals surface area (Å²) in [5, 5.41) is 0. The molecular formula is C24H28O2. The van der Waals surface area contributed by atoms with Crippen LogP contribution in [0.2, 0.25) is 0 Å². The average Bonchev–Trinajstić information content (AvgIpc) is 2.96. The van der Waals surface area contributed by atoms with Crippen LogP contribution in [0.5, 0.6) is 5.75 Å². The van der Waals surface area contributed by atoms with Gasteiger partial charge in [0.1, 0.15) is 18.6 Å². The van der Waals surface area contributed by atoms with Crippen LogP contribution in [0.3, 0.4) is 0 Å². The van der Waals surface area contributed by atoms with Gasteiger partial charge in [-0.15, -0.1) is 0 Å². The van der Waals surface area contributed by atoms with Crippen molar-refractivity contribution in [3.8, 4) is 5.75 Å². The standard InChI is InChI=1S/C24H28O2/c1-22(2)10-11-23(3,4)20-13-17(7-9-18(20)22)24(5)15-26-21-12-16(14-25)6-8-19(21)24/h6-9,12-14H,10-11,15H2,1-5H3. The molecule has 2 aromatic carbocycles. The summed E-state index contributed by atoms with van der Waals surface area (Å²) in [7, 11) is 0. The van der Waals surface area contributed by atoms with Gasteiger partial charge in [-0.1, -0.05) is 58.0 Å². The summed E-state index contributed by atoms with van der Waals surface area (Å²) >= 11 is 0. The fraction of sp³-hybridized carbons (Fsp3) is 0.458. The molecule has 0 N–H and O–H groups in total. The van der Waals surface area contributed by atoms with Crippen LogP contribution in [0.15, 0.2) is 36.4 Å². The molecule has 1 unspecified atom stereocenters. The second kappa shape index (κ2) is 5.45. The molecule has 2 heteroatoms. The van der Waals surface area contributed by atoms with E-state index >= 15 is 0 Å². The SMILES string of the molecule is CC1(C)CCC(C)(C)c2cc(C3(C)COc4cc(C=O)ccc43)ccc21. The smallest absolute Gasteiger partial charge is 0.150 e. The number of hydrogen-bond donors (Lipinski definition) is 0. The van der Waals surface area contributed by atoms with E-state index in [9.17, 15) is 4.79 Å². The Morgan fingerprint density at radius 2 is 1.50 bits per heavy atom. The molecule has 1 aliphatic carbocycles. The Labute approximate surface area is 156 Å². The lowest BCUT2D eigenvalue weighted by molar-refractivity contribution is 0.112. The predicted molar refractivity (Wildman–Crippen MR) is 106 cm³/mol. The van der Waals surface area contributed by atoms with E-state index in [1.165, 1.54) is 35.1 Å². The number of carbonyl (C=O) groups is 1. The summed E-state index contributed by atoms with van der Waals surface area (Å²) in [5.74, 6) is 0.842. The molecule has 0 bridgehead atoms. The minimum absolute atomic E-state index is 0.177. The zero-order valence-electron chi connectivity index (χ0n) is 16.5. The van der Waals surface area contributed by atoms with E-state index in [1.54, 1.807) is 0 Å². The fourth-order valence-corrected chi connectivity index (χ4v) is 4.66. The Kier molecular flexibility index (Phi) is 3.63. The van der Waals surface area contributed by atoms with Crippen molar-refractivity contribution in [3.63, 3.8) is 0 Å². The van der Waals surface area contributed by atoms with E-state index in [-0.39, 0.29) is 16.2 Å². The Morgan fingerprint density at radius 1 is 0.846 bits per heavy atom. The molecule has 0 amide bonds. The zero-order chi connectivity index (χ0) is 18.7. The van der Waals surface area contributed by atoms with Gasteiger partial charge in [0, 0.05) is 11.1 Å². The van der Waals surface area contributed by atoms with Crippen LogP contribution in [-0.4, -0.2) is 12.9 Å². The van der Waals surface area contributed by atoms with Crippen molar-refractivity contribution < 1.29 is 9.53 Å². The van der Waals surface area contributed by atoms with Gasteiger partial charge in [0.2, 0.25) is 0 Å². The van der Waals surface area contributed by atoms with E-state index in [0.29, 0.717) is 12.2 Å². The Morgan fingerprint density at radius 3 is 2.19 bits per heavy atom. The lowest BCUT2D eigenvalue weighted by Crippen LogP contribution is -2.35. The zero-order valence-corrected chi connectivity index (χ0v) is 16.5. The highest BCUT2D eigenvalue weighted by Crippen LogP contribution is 2.49. The first-order valence-electron chi connectivity index (χ1n) is 9.55.